The molecule has 1 aromatic heterocycles. The predicted molar refractivity (Wildman–Crippen MR) is 150 cm³/mol. The highest BCUT2D eigenvalue weighted by Gasteiger charge is 2.46. The molecule has 3 atom stereocenters. The van der Waals surface area contributed by atoms with Crippen LogP contribution in [-0.2, 0) is 28.5 Å². The van der Waals surface area contributed by atoms with Crippen LogP contribution >= 0.6 is 0 Å². The van der Waals surface area contributed by atoms with Gasteiger partial charge in [0.2, 0.25) is 11.8 Å². The van der Waals surface area contributed by atoms with Crippen LogP contribution in [0.15, 0.2) is 48.5 Å². The summed E-state index contributed by atoms with van der Waals surface area (Å²) in [6.07, 6.45) is 2.90. The highest BCUT2D eigenvalue weighted by atomic mass is 19.3. The minimum Gasteiger partial charge on any atom is -0.351 e. The first-order valence-corrected chi connectivity index (χ1v) is 14.3. The van der Waals surface area contributed by atoms with Crippen molar-refractivity contribution < 1.29 is 23.2 Å². The summed E-state index contributed by atoms with van der Waals surface area (Å²) >= 11 is 0. The van der Waals surface area contributed by atoms with Crippen molar-refractivity contribution in [3.05, 3.63) is 70.9 Å². The molecular formula is C31H35F2N5O3. The molecule has 10 heteroatoms. The summed E-state index contributed by atoms with van der Waals surface area (Å²) in [5.74, 6) is -3.79. The normalized spacial score (nSPS) is 23.6. The minimum absolute atomic E-state index is 0.0338. The number of aromatic nitrogens is 1. The van der Waals surface area contributed by atoms with Gasteiger partial charge in [0.25, 0.3) is 11.8 Å². The molecule has 0 spiro atoms. The summed E-state index contributed by atoms with van der Waals surface area (Å²) < 4.78 is 27.6. The van der Waals surface area contributed by atoms with Gasteiger partial charge >= 0.3 is 0 Å². The van der Waals surface area contributed by atoms with Crippen LogP contribution in [-0.4, -0.2) is 82.2 Å². The zero-order valence-corrected chi connectivity index (χ0v) is 23.3. The van der Waals surface area contributed by atoms with Crippen LogP contribution in [0.3, 0.4) is 0 Å². The monoisotopic (exact) mass is 563 g/mol. The van der Waals surface area contributed by atoms with Crippen molar-refractivity contribution in [1.82, 2.24) is 25.0 Å². The van der Waals surface area contributed by atoms with E-state index in [2.05, 4.69) is 16.4 Å². The molecule has 0 radical (unpaired) electrons. The van der Waals surface area contributed by atoms with Crippen LogP contribution in [0.1, 0.15) is 53.4 Å². The smallest absolute Gasteiger partial charge is 0.270 e. The largest absolute Gasteiger partial charge is 0.351 e. The lowest BCUT2D eigenvalue weighted by molar-refractivity contribution is -0.148. The maximum atomic E-state index is 14.0. The molecule has 2 saturated heterocycles. The Kier molecular flexibility index (Phi) is 7.05. The van der Waals surface area contributed by atoms with Crippen molar-refractivity contribution in [3.63, 3.8) is 0 Å². The molecule has 3 aromatic rings. The number of hydrogen-bond acceptors (Lipinski definition) is 4. The number of carbonyl (C=O) groups excluding carboxylic acids is 3. The number of benzene rings is 2. The highest BCUT2D eigenvalue weighted by molar-refractivity contribution is 6.01. The third-order valence-corrected chi connectivity index (χ3v) is 8.80. The Bertz CT molecular complexity index is 1500. The number of halogens is 2. The van der Waals surface area contributed by atoms with Gasteiger partial charge in [0.05, 0.1) is 0 Å². The highest BCUT2D eigenvalue weighted by Crippen LogP contribution is 2.32. The van der Waals surface area contributed by atoms with Crippen molar-refractivity contribution >= 4 is 28.6 Å². The molecule has 3 aliphatic rings. The number of nitrogens with zero attached hydrogens (tertiary/aromatic N) is 3. The Morgan fingerprint density at radius 1 is 1.02 bits per heavy atom. The number of amides is 3. The summed E-state index contributed by atoms with van der Waals surface area (Å²) in [5.41, 5.74) is 3.00. The fraction of sp³-hybridized carbons (Fsp3) is 0.452. The van der Waals surface area contributed by atoms with E-state index in [9.17, 15) is 23.2 Å². The minimum atomic E-state index is -3.00. The molecule has 0 aliphatic carbocycles. The summed E-state index contributed by atoms with van der Waals surface area (Å²) in [6, 6.07) is 12.4. The molecule has 3 amide bonds. The SMILES string of the molecule is CN1CC[C@H]2CC[C@@H](C(=O)N3CCc4ccccc4C3)N2C(=O)[C@@H](NC(=O)c2cc3cc(C(C)(F)F)ccc3[nH]2)C1. The van der Waals surface area contributed by atoms with Crippen LogP contribution in [0, 0.1) is 0 Å². The first kappa shape index (κ1) is 27.4. The third-order valence-electron chi connectivity index (χ3n) is 8.80. The number of hydrogen-bond donors (Lipinski definition) is 2. The van der Waals surface area contributed by atoms with Gasteiger partial charge in [-0.05, 0) is 68.6 Å². The number of likely N-dealkylation sites (N-methyl/N-ethyl adjacent to an activating group) is 1. The Morgan fingerprint density at radius 3 is 2.59 bits per heavy atom. The molecular weight excluding hydrogens is 528 g/mol. The Balaban J connectivity index is 1.21. The van der Waals surface area contributed by atoms with Crippen molar-refractivity contribution in [2.75, 3.05) is 26.7 Å². The number of rotatable bonds is 4. The fourth-order valence-corrected chi connectivity index (χ4v) is 6.54. The number of fused-ring (bicyclic) bond motifs is 3. The second-order valence-electron chi connectivity index (χ2n) is 11.7. The first-order valence-electron chi connectivity index (χ1n) is 14.3. The zero-order valence-electron chi connectivity index (χ0n) is 23.3. The number of nitrogens with one attached hydrogen (secondary N) is 2. The summed E-state index contributed by atoms with van der Waals surface area (Å²) in [7, 11) is 1.92. The Hall–Kier alpha value is -3.79. The topological polar surface area (TPSA) is 88.8 Å². The molecule has 3 aliphatic heterocycles. The second-order valence-corrected chi connectivity index (χ2v) is 11.7. The van der Waals surface area contributed by atoms with Gasteiger partial charge in [0.15, 0.2) is 0 Å². The quantitative estimate of drug-likeness (QED) is 0.507. The van der Waals surface area contributed by atoms with E-state index in [1.54, 1.807) is 4.90 Å². The zero-order chi connectivity index (χ0) is 28.9. The van der Waals surface area contributed by atoms with Crippen LogP contribution < -0.4 is 5.32 Å². The van der Waals surface area contributed by atoms with Gasteiger partial charge in [-0.1, -0.05) is 30.3 Å². The molecule has 0 unspecified atom stereocenters. The Labute approximate surface area is 237 Å². The fourth-order valence-electron chi connectivity index (χ4n) is 6.54. The number of carbonyl (C=O) groups is 3. The predicted octanol–water partition coefficient (Wildman–Crippen LogP) is 3.66. The van der Waals surface area contributed by atoms with Crippen molar-refractivity contribution in [3.8, 4) is 0 Å². The van der Waals surface area contributed by atoms with Crippen LogP contribution in [0.25, 0.3) is 10.9 Å². The van der Waals surface area contributed by atoms with E-state index in [0.717, 1.165) is 38.3 Å². The van der Waals surface area contributed by atoms with E-state index in [4.69, 9.17) is 0 Å². The molecule has 2 aromatic carbocycles. The molecule has 4 heterocycles. The third kappa shape index (κ3) is 5.32. The number of aromatic amines is 1. The molecule has 6 rings (SSSR count). The summed E-state index contributed by atoms with van der Waals surface area (Å²) in [4.78, 5) is 49.8. The van der Waals surface area contributed by atoms with Gasteiger partial charge in [0.1, 0.15) is 17.8 Å². The maximum absolute atomic E-state index is 14.0. The van der Waals surface area contributed by atoms with Crippen LogP contribution in [0.2, 0.25) is 0 Å². The average molecular weight is 564 g/mol. The molecule has 0 bridgehead atoms. The lowest BCUT2D eigenvalue weighted by Crippen LogP contribution is -2.60. The number of H-pyrrole nitrogens is 1. The summed E-state index contributed by atoms with van der Waals surface area (Å²) in [5, 5.41) is 3.37. The lowest BCUT2D eigenvalue weighted by Gasteiger charge is -2.39. The van der Waals surface area contributed by atoms with Gasteiger partial charge in [-0.2, -0.15) is 0 Å². The maximum Gasteiger partial charge on any atom is 0.270 e. The second kappa shape index (κ2) is 10.6. The van der Waals surface area contributed by atoms with Crippen LogP contribution in [0.4, 0.5) is 8.78 Å². The van der Waals surface area contributed by atoms with Gasteiger partial charge in [-0.25, -0.2) is 8.78 Å². The van der Waals surface area contributed by atoms with Crippen molar-refractivity contribution in [1.29, 1.82) is 0 Å². The molecule has 0 saturated carbocycles. The number of alkyl halides is 2. The van der Waals surface area contributed by atoms with E-state index in [1.165, 1.54) is 29.8 Å². The summed E-state index contributed by atoms with van der Waals surface area (Å²) in [6.45, 7) is 3.03. The standard InChI is InChI=1S/C31H35F2N5O3/c1-31(32,33)22-7-9-24-21(15-22)16-25(34-24)28(39)35-26-18-36(2)13-12-23-8-10-27(38(23)29(26)40)30(41)37-14-11-19-5-3-4-6-20(19)17-37/h3-7,9,15-16,23,26-27,34H,8,10-14,17-18H2,1-2H3,(H,35,39)/t23-,26+,27+/m1/s1. The average Bonchev–Trinajstić information content (AvgIpc) is 3.57. The van der Waals surface area contributed by atoms with E-state index < -0.39 is 23.9 Å². The van der Waals surface area contributed by atoms with E-state index in [-0.39, 0.29) is 29.1 Å². The van der Waals surface area contributed by atoms with Crippen molar-refractivity contribution in [2.24, 2.45) is 0 Å². The van der Waals surface area contributed by atoms with E-state index in [1.807, 2.05) is 35.0 Å². The van der Waals surface area contributed by atoms with E-state index >= 15 is 0 Å². The van der Waals surface area contributed by atoms with Gasteiger partial charge in [0, 0.05) is 49.1 Å². The molecule has 2 fully saturated rings. The van der Waals surface area contributed by atoms with E-state index in [0.29, 0.717) is 37.0 Å². The molecule has 2 N–H and O–H groups in total. The Morgan fingerprint density at radius 2 is 1.80 bits per heavy atom. The van der Waals surface area contributed by atoms with Crippen LogP contribution in [0.5, 0.6) is 0 Å². The van der Waals surface area contributed by atoms with Crippen molar-refractivity contribution in [2.45, 2.75) is 63.2 Å². The lowest BCUT2D eigenvalue weighted by atomic mass is 9.99. The molecule has 8 nitrogen and oxygen atoms in total. The van der Waals surface area contributed by atoms with Gasteiger partial charge in [-0.3, -0.25) is 14.4 Å². The first-order chi connectivity index (χ1) is 19.6. The molecule has 41 heavy (non-hydrogen) atoms. The molecule has 216 valence electrons. The van der Waals surface area contributed by atoms with Gasteiger partial charge in [-0.15, -0.1) is 0 Å². The van der Waals surface area contributed by atoms with Gasteiger partial charge < -0.3 is 25.0 Å².